The summed E-state index contributed by atoms with van der Waals surface area (Å²) in [6.07, 6.45) is 10.3. The molecule has 2 aliphatic heterocycles. The first kappa shape index (κ1) is 23.6. The number of nitrogens with one attached hydrogen (secondary N) is 2. The molecule has 2 aliphatic carbocycles. The van der Waals surface area contributed by atoms with E-state index in [1.54, 1.807) is 5.01 Å². The highest BCUT2D eigenvalue weighted by molar-refractivity contribution is 5.95. The molecule has 1 aromatic heterocycles. The van der Waals surface area contributed by atoms with Gasteiger partial charge in [-0.3, -0.25) is 0 Å². The third-order valence-electron chi connectivity index (χ3n) is 8.66. The number of nitrogens with two attached hydrogens (primary N) is 1. The Morgan fingerprint density at radius 1 is 0.816 bits per heavy atom. The quantitative estimate of drug-likeness (QED) is 0.459. The van der Waals surface area contributed by atoms with Crippen LogP contribution in [-0.2, 0) is 25.7 Å². The maximum atomic E-state index is 6.35. The molecule has 1 fully saturated rings. The van der Waals surface area contributed by atoms with Crippen molar-refractivity contribution in [2.75, 3.05) is 23.4 Å². The van der Waals surface area contributed by atoms with Gasteiger partial charge in [0.25, 0.3) is 0 Å². The predicted octanol–water partition coefficient (Wildman–Crippen LogP) is 4.01. The smallest absolute Gasteiger partial charge is 0.215 e. The molecule has 0 radical (unpaired) electrons. The minimum Gasteiger partial charge on any atom is -0.368 e. The van der Waals surface area contributed by atoms with Gasteiger partial charge in [0.2, 0.25) is 5.96 Å². The Balaban J connectivity index is 1.05. The maximum Gasteiger partial charge on any atom is 0.215 e. The molecule has 7 rings (SSSR count). The van der Waals surface area contributed by atoms with E-state index < -0.39 is 0 Å². The number of hydrogen-bond donors (Lipinski definition) is 3. The van der Waals surface area contributed by atoms with Gasteiger partial charge in [0.05, 0.1) is 5.69 Å². The summed E-state index contributed by atoms with van der Waals surface area (Å²) >= 11 is 0. The number of nitrogens with zero attached hydrogens (tertiary/aromatic N) is 5. The zero-order valence-electron chi connectivity index (χ0n) is 21.9. The minimum absolute atomic E-state index is 0.363. The molecular weight excluding hydrogens is 472 g/mol. The summed E-state index contributed by atoms with van der Waals surface area (Å²) in [6, 6.07) is 18.1. The van der Waals surface area contributed by atoms with E-state index in [0.717, 1.165) is 43.1 Å². The zero-order chi connectivity index (χ0) is 25.5. The monoisotopic (exact) mass is 508 g/mol. The number of hydrogen-bond acceptors (Lipinski definition) is 8. The van der Waals surface area contributed by atoms with Gasteiger partial charge >= 0.3 is 0 Å². The van der Waals surface area contributed by atoms with E-state index in [0.29, 0.717) is 11.8 Å². The topological polar surface area (TPSA) is 94.7 Å². The lowest BCUT2D eigenvalue weighted by Gasteiger charge is -2.26. The molecule has 2 atom stereocenters. The first-order chi connectivity index (χ1) is 18.7. The third kappa shape index (κ3) is 4.52. The highest BCUT2D eigenvalue weighted by atomic mass is 15.7. The molecule has 0 saturated carbocycles. The Bertz CT molecular complexity index is 1360. The van der Waals surface area contributed by atoms with Crippen molar-refractivity contribution in [3.8, 4) is 11.3 Å². The third-order valence-corrected chi connectivity index (χ3v) is 8.66. The Kier molecular flexibility index (Phi) is 6.21. The van der Waals surface area contributed by atoms with E-state index in [4.69, 9.17) is 5.73 Å². The summed E-state index contributed by atoms with van der Waals surface area (Å²) in [4.78, 5) is 7.34. The van der Waals surface area contributed by atoms with Gasteiger partial charge in [0.1, 0.15) is 0 Å². The summed E-state index contributed by atoms with van der Waals surface area (Å²) in [6.45, 7) is 2.55. The summed E-state index contributed by atoms with van der Waals surface area (Å²) in [7, 11) is 0. The van der Waals surface area contributed by atoms with Crippen LogP contribution in [0.2, 0.25) is 0 Å². The fourth-order valence-corrected chi connectivity index (χ4v) is 6.65. The van der Waals surface area contributed by atoms with Crippen LogP contribution in [0.25, 0.3) is 11.3 Å². The Labute approximate surface area is 224 Å². The van der Waals surface area contributed by atoms with Crippen molar-refractivity contribution >= 4 is 17.5 Å². The van der Waals surface area contributed by atoms with Crippen molar-refractivity contribution in [2.24, 2.45) is 10.7 Å². The lowest BCUT2D eigenvalue weighted by atomic mass is 10.0. The number of guanidine groups is 1. The van der Waals surface area contributed by atoms with Crippen molar-refractivity contribution in [3.63, 3.8) is 0 Å². The van der Waals surface area contributed by atoms with Crippen molar-refractivity contribution in [2.45, 2.75) is 70.1 Å². The first-order valence-corrected chi connectivity index (χ1v) is 14.2. The van der Waals surface area contributed by atoms with Gasteiger partial charge in [-0.25, -0.2) is 10.0 Å². The highest BCUT2D eigenvalue weighted by Gasteiger charge is 2.28. The largest absolute Gasteiger partial charge is 0.368 e. The van der Waals surface area contributed by atoms with Crippen LogP contribution in [-0.4, -0.2) is 46.5 Å². The maximum absolute atomic E-state index is 6.35. The number of aromatic nitrogens is 2. The molecule has 3 heterocycles. The fourth-order valence-electron chi connectivity index (χ4n) is 6.65. The fraction of sp³-hybridized carbons (Fsp3) is 0.433. The molecule has 0 bridgehead atoms. The second kappa shape index (κ2) is 10.0. The van der Waals surface area contributed by atoms with Crippen LogP contribution in [0.15, 0.2) is 53.5 Å². The first-order valence-electron chi connectivity index (χ1n) is 14.2. The molecule has 2 aromatic carbocycles. The Hall–Kier alpha value is -3.49. The molecule has 0 spiro atoms. The summed E-state index contributed by atoms with van der Waals surface area (Å²) < 4.78 is 0. The van der Waals surface area contributed by atoms with Gasteiger partial charge in [-0.1, -0.05) is 30.3 Å². The molecular formula is C30H36N8. The second-order valence-corrected chi connectivity index (χ2v) is 11.0. The number of hydrazine groups is 1. The number of anilines is 2. The van der Waals surface area contributed by atoms with Crippen LogP contribution in [0.5, 0.6) is 0 Å². The van der Waals surface area contributed by atoms with Crippen LogP contribution >= 0.6 is 0 Å². The molecule has 8 heteroatoms. The Morgan fingerprint density at radius 2 is 1.63 bits per heavy atom. The lowest BCUT2D eigenvalue weighted by Crippen LogP contribution is -2.46. The van der Waals surface area contributed by atoms with Gasteiger partial charge in [0.15, 0.2) is 12.1 Å². The minimum atomic E-state index is -0.363. The molecule has 4 N–H and O–H groups in total. The van der Waals surface area contributed by atoms with E-state index >= 15 is 0 Å². The summed E-state index contributed by atoms with van der Waals surface area (Å²) in [5.74, 6) is 1.05. The number of rotatable bonds is 4. The number of aryl methyl sites for hydroxylation is 4. The highest BCUT2D eigenvalue weighted by Crippen LogP contribution is 2.32. The van der Waals surface area contributed by atoms with Gasteiger partial charge in [-0.15, -0.1) is 10.2 Å². The molecule has 1 unspecified atom stereocenters. The number of benzene rings is 2. The standard InChI is InChI=1S/C30H36N8/c31-29-33-30(32-24-13-10-20-11-14-25(15-12-22(20)18-24)37-16-3-4-17-37)36-38(29)27-19-23-8-5-7-21-6-1-2-9-26(21)28(23)35-34-27/h1-2,6,9-10,13,18-19,25,30,32,36H,3-5,7-8,11-12,14-17H2,(H2,31,33)/t25-,30?/m0/s1. The van der Waals surface area contributed by atoms with Crippen LogP contribution in [0, 0.1) is 0 Å². The van der Waals surface area contributed by atoms with Crippen molar-refractivity contribution in [1.82, 2.24) is 20.5 Å². The predicted molar refractivity (Wildman–Crippen MR) is 152 cm³/mol. The average molecular weight is 509 g/mol. The van der Waals surface area contributed by atoms with E-state index in [9.17, 15) is 0 Å². The average Bonchev–Trinajstić information content (AvgIpc) is 3.49. The van der Waals surface area contributed by atoms with E-state index in [1.807, 2.05) is 0 Å². The van der Waals surface area contributed by atoms with Gasteiger partial charge in [0, 0.05) is 17.3 Å². The second-order valence-electron chi connectivity index (χ2n) is 11.0. The van der Waals surface area contributed by atoms with Crippen LogP contribution in [0.1, 0.15) is 54.4 Å². The Morgan fingerprint density at radius 3 is 2.53 bits per heavy atom. The van der Waals surface area contributed by atoms with Gasteiger partial charge in [-0.2, -0.15) is 5.43 Å². The summed E-state index contributed by atoms with van der Waals surface area (Å²) in [5, 5.41) is 14.4. The molecule has 196 valence electrons. The SMILES string of the molecule is NC1=NC(Nc2ccc3c(c2)CC[C@@H](N2CCCC2)CC3)NN1c1cc2c(nn1)-c1ccccc1CCC2. The zero-order valence-corrected chi connectivity index (χ0v) is 21.9. The van der Waals surface area contributed by atoms with Gasteiger partial charge in [-0.05, 0) is 111 Å². The number of likely N-dealkylation sites (tertiary alicyclic amines) is 1. The molecule has 0 amide bonds. The van der Waals surface area contributed by atoms with Crippen LogP contribution < -0.4 is 21.5 Å². The lowest BCUT2D eigenvalue weighted by molar-refractivity contribution is 0.222. The van der Waals surface area contributed by atoms with E-state index in [1.165, 1.54) is 73.0 Å². The van der Waals surface area contributed by atoms with E-state index in [2.05, 4.69) is 79.4 Å². The normalized spacial score (nSPS) is 23.2. The van der Waals surface area contributed by atoms with Crippen LogP contribution in [0.3, 0.4) is 0 Å². The van der Waals surface area contributed by atoms with E-state index in [-0.39, 0.29) is 6.29 Å². The molecule has 3 aromatic rings. The molecule has 38 heavy (non-hydrogen) atoms. The number of fused-ring (bicyclic) bond motifs is 4. The molecule has 8 nitrogen and oxygen atoms in total. The molecule has 4 aliphatic rings. The van der Waals surface area contributed by atoms with Crippen molar-refractivity contribution < 1.29 is 0 Å². The van der Waals surface area contributed by atoms with Crippen molar-refractivity contribution in [1.29, 1.82) is 0 Å². The molecule has 1 saturated heterocycles. The number of aliphatic imine (C=N–C) groups is 1. The van der Waals surface area contributed by atoms with Crippen LogP contribution in [0.4, 0.5) is 11.5 Å². The summed E-state index contributed by atoms with van der Waals surface area (Å²) in [5.41, 5.74) is 18.4. The van der Waals surface area contributed by atoms with Gasteiger partial charge < -0.3 is 16.0 Å². The van der Waals surface area contributed by atoms with Crippen molar-refractivity contribution in [3.05, 3.63) is 70.8 Å².